The predicted molar refractivity (Wildman–Crippen MR) is 130 cm³/mol. The van der Waals surface area contributed by atoms with Crippen LogP contribution in [0.25, 0.3) is 0 Å². The lowest BCUT2D eigenvalue weighted by Crippen LogP contribution is -2.52. The number of nitrogens with zero attached hydrogens (tertiary/aromatic N) is 1. The van der Waals surface area contributed by atoms with Crippen LogP contribution < -0.4 is 10.1 Å². The summed E-state index contributed by atoms with van der Waals surface area (Å²) in [4.78, 5) is 28.0. The first-order valence-corrected chi connectivity index (χ1v) is 11.6. The summed E-state index contributed by atoms with van der Waals surface area (Å²) in [6.07, 6.45) is 2.07. The molecular weight excluding hydrogens is 400 g/mol. The molecule has 0 heterocycles. The third kappa shape index (κ3) is 7.11. The van der Waals surface area contributed by atoms with Crippen molar-refractivity contribution >= 4 is 11.8 Å². The normalized spacial score (nSPS) is 12.7. The van der Waals surface area contributed by atoms with Gasteiger partial charge in [0.1, 0.15) is 11.8 Å². The van der Waals surface area contributed by atoms with Gasteiger partial charge in [0.25, 0.3) is 5.91 Å². The summed E-state index contributed by atoms with van der Waals surface area (Å²) in [5.41, 5.74) is 4.39. The van der Waals surface area contributed by atoms with Crippen molar-refractivity contribution in [1.29, 1.82) is 0 Å². The Morgan fingerprint density at radius 2 is 1.72 bits per heavy atom. The van der Waals surface area contributed by atoms with Crippen molar-refractivity contribution in [1.82, 2.24) is 10.2 Å². The molecule has 0 aliphatic rings. The first-order valence-electron chi connectivity index (χ1n) is 11.6. The summed E-state index contributed by atoms with van der Waals surface area (Å²) in [7, 11) is 0. The predicted octanol–water partition coefficient (Wildman–Crippen LogP) is 4.76. The van der Waals surface area contributed by atoms with Crippen molar-refractivity contribution in [3.8, 4) is 5.75 Å². The lowest BCUT2D eigenvalue weighted by molar-refractivity contribution is -0.142. The van der Waals surface area contributed by atoms with Crippen molar-refractivity contribution in [2.45, 2.75) is 72.9 Å². The average Bonchev–Trinajstić information content (AvgIpc) is 2.78. The van der Waals surface area contributed by atoms with Crippen LogP contribution in [-0.2, 0) is 16.0 Å². The van der Waals surface area contributed by atoms with Crippen LogP contribution >= 0.6 is 0 Å². The quantitative estimate of drug-likeness (QED) is 0.550. The Balaban J connectivity index is 2.19. The van der Waals surface area contributed by atoms with E-state index in [0.717, 1.165) is 34.4 Å². The Bertz CT molecular complexity index is 895. The van der Waals surface area contributed by atoms with Gasteiger partial charge in [-0.3, -0.25) is 9.59 Å². The molecule has 0 bridgehead atoms. The van der Waals surface area contributed by atoms with Gasteiger partial charge >= 0.3 is 0 Å². The zero-order chi connectivity index (χ0) is 23.7. The Kier molecular flexibility index (Phi) is 9.76. The van der Waals surface area contributed by atoms with Crippen molar-refractivity contribution in [2.24, 2.45) is 0 Å². The standard InChI is InChI=1S/C27H38N2O3/c1-7-21(5)28-27(31)24(8-2)29(15-14-23-12-10-9-11-13-23)26(30)18-32-25-17-19(3)16-20(4)22(25)6/h9-13,16-17,21,24H,7-8,14-15,18H2,1-6H3,(H,28,31). The zero-order valence-corrected chi connectivity index (χ0v) is 20.4. The molecule has 2 aromatic carbocycles. The number of amides is 2. The summed E-state index contributed by atoms with van der Waals surface area (Å²) in [5, 5.41) is 3.04. The molecule has 1 N–H and O–H groups in total. The third-order valence-corrected chi connectivity index (χ3v) is 5.99. The maximum Gasteiger partial charge on any atom is 0.261 e. The number of hydrogen-bond acceptors (Lipinski definition) is 3. The molecule has 0 fully saturated rings. The van der Waals surface area contributed by atoms with Gasteiger partial charge in [-0.05, 0) is 75.3 Å². The molecule has 0 aromatic heterocycles. The van der Waals surface area contributed by atoms with E-state index >= 15 is 0 Å². The van der Waals surface area contributed by atoms with Crippen LogP contribution in [0.1, 0.15) is 55.9 Å². The second-order valence-corrected chi connectivity index (χ2v) is 8.56. The van der Waals surface area contributed by atoms with Crippen molar-refractivity contribution in [3.05, 3.63) is 64.7 Å². The number of carbonyl (C=O) groups is 2. The van der Waals surface area contributed by atoms with Gasteiger partial charge in [-0.1, -0.05) is 50.2 Å². The molecule has 32 heavy (non-hydrogen) atoms. The maximum atomic E-state index is 13.3. The molecule has 5 nitrogen and oxygen atoms in total. The lowest BCUT2D eigenvalue weighted by Gasteiger charge is -2.31. The van der Waals surface area contributed by atoms with Crippen LogP contribution in [0.3, 0.4) is 0 Å². The molecule has 2 rings (SSSR count). The summed E-state index contributed by atoms with van der Waals surface area (Å²) in [6.45, 7) is 12.4. The maximum absolute atomic E-state index is 13.3. The number of ether oxygens (including phenoxy) is 1. The Morgan fingerprint density at radius 3 is 2.34 bits per heavy atom. The number of aryl methyl sites for hydroxylation is 2. The highest BCUT2D eigenvalue weighted by Gasteiger charge is 2.29. The number of hydrogen-bond donors (Lipinski definition) is 1. The molecule has 2 unspecified atom stereocenters. The van der Waals surface area contributed by atoms with E-state index in [9.17, 15) is 9.59 Å². The fourth-order valence-electron chi connectivity index (χ4n) is 3.71. The van der Waals surface area contributed by atoms with E-state index in [1.165, 1.54) is 0 Å². The minimum atomic E-state index is -0.524. The molecule has 2 amide bonds. The van der Waals surface area contributed by atoms with Crippen LogP contribution in [0.15, 0.2) is 42.5 Å². The SMILES string of the molecule is CCC(C)NC(=O)C(CC)N(CCc1ccccc1)C(=O)COc1cc(C)cc(C)c1C. The van der Waals surface area contributed by atoms with E-state index in [1.54, 1.807) is 4.90 Å². The summed E-state index contributed by atoms with van der Waals surface area (Å²) < 4.78 is 5.95. The molecule has 0 aliphatic heterocycles. The van der Waals surface area contributed by atoms with Gasteiger partial charge in [0.2, 0.25) is 5.91 Å². The van der Waals surface area contributed by atoms with Crippen molar-refractivity contribution in [3.63, 3.8) is 0 Å². The van der Waals surface area contributed by atoms with E-state index in [-0.39, 0.29) is 24.5 Å². The topological polar surface area (TPSA) is 58.6 Å². The highest BCUT2D eigenvalue weighted by Crippen LogP contribution is 2.23. The molecule has 2 aromatic rings. The van der Waals surface area contributed by atoms with Crippen LogP contribution in [0.2, 0.25) is 0 Å². The minimum Gasteiger partial charge on any atom is -0.483 e. The van der Waals surface area contributed by atoms with Crippen LogP contribution in [0, 0.1) is 20.8 Å². The molecule has 0 aliphatic carbocycles. The second-order valence-electron chi connectivity index (χ2n) is 8.56. The van der Waals surface area contributed by atoms with Crippen LogP contribution in [0.5, 0.6) is 5.75 Å². The van der Waals surface area contributed by atoms with Gasteiger partial charge in [0, 0.05) is 12.6 Å². The molecule has 174 valence electrons. The number of benzene rings is 2. The van der Waals surface area contributed by atoms with Gasteiger partial charge in [0.05, 0.1) is 0 Å². The fraction of sp³-hybridized carbons (Fsp3) is 0.481. The first-order chi connectivity index (χ1) is 15.3. The van der Waals surface area contributed by atoms with E-state index in [2.05, 4.69) is 11.4 Å². The molecule has 0 saturated carbocycles. The van der Waals surface area contributed by atoms with Gasteiger partial charge in [0.15, 0.2) is 6.61 Å². The van der Waals surface area contributed by atoms with Gasteiger partial charge in [-0.25, -0.2) is 0 Å². The van der Waals surface area contributed by atoms with Gasteiger partial charge in [-0.15, -0.1) is 0 Å². The summed E-state index contributed by atoms with van der Waals surface area (Å²) in [6, 6.07) is 13.6. The van der Waals surface area contributed by atoms with Crippen LogP contribution in [0.4, 0.5) is 0 Å². The summed E-state index contributed by atoms with van der Waals surface area (Å²) >= 11 is 0. The molecule has 5 heteroatoms. The van der Waals surface area contributed by atoms with Gasteiger partial charge < -0.3 is 15.0 Å². The van der Waals surface area contributed by atoms with Gasteiger partial charge in [-0.2, -0.15) is 0 Å². The van der Waals surface area contributed by atoms with Crippen LogP contribution in [-0.4, -0.2) is 41.9 Å². The smallest absolute Gasteiger partial charge is 0.261 e. The number of carbonyl (C=O) groups excluding carboxylic acids is 2. The van der Waals surface area contributed by atoms with Crippen molar-refractivity contribution in [2.75, 3.05) is 13.2 Å². The molecular formula is C27H38N2O3. The second kappa shape index (κ2) is 12.3. The first kappa shape index (κ1) is 25.4. The van der Waals surface area contributed by atoms with E-state index in [1.807, 2.05) is 77.9 Å². The van der Waals surface area contributed by atoms with E-state index < -0.39 is 6.04 Å². The molecule has 0 radical (unpaired) electrons. The molecule has 0 spiro atoms. The zero-order valence-electron chi connectivity index (χ0n) is 20.4. The average molecular weight is 439 g/mol. The van der Waals surface area contributed by atoms with E-state index in [0.29, 0.717) is 19.4 Å². The highest BCUT2D eigenvalue weighted by molar-refractivity contribution is 5.88. The highest BCUT2D eigenvalue weighted by atomic mass is 16.5. The number of nitrogens with one attached hydrogen (secondary N) is 1. The fourth-order valence-corrected chi connectivity index (χ4v) is 3.71. The summed E-state index contributed by atoms with van der Waals surface area (Å²) in [5.74, 6) is 0.437. The third-order valence-electron chi connectivity index (χ3n) is 5.99. The molecule has 2 atom stereocenters. The Morgan fingerprint density at radius 1 is 1.03 bits per heavy atom. The molecule has 0 saturated heterocycles. The number of rotatable bonds is 11. The Labute approximate surface area is 193 Å². The van der Waals surface area contributed by atoms with E-state index in [4.69, 9.17) is 4.74 Å². The van der Waals surface area contributed by atoms with Crippen molar-refractivity contribution < 1.29 is 14.3 Å². The Hall–Kier alpha value is -2.82. The monoisotopic (exact) mass is 438 g/mol. The lowest BCUT2D eigenvalue weighted by atomic mass is 10.1. The minimum absolute atomic E-state index is 0.0665. The largest absolute Gasteiger partial charge is 0.483 e.